The summed E-state index contributed by atoms with van der Waals surface area (Å²) < 4.78 is 67.2. The van der Waals surface area contributed by atoms with E-state index in [1.165, 1.54) is 50.5 Å². The highest BCUT2D eigenvalue weighted by molar-refractivity contribution is 7.46. The number of rotatable bonds is 15. The van der Waals surface area contributed by atoms with E-state index in [2.05, 4.69) is 24.5 Å². The Balaban J connectivity index is 0.00000641. The highest BCUT2D eigenvalue weighted by atomic mass is 35.5. The summed E-state index contributed by atoms with van der Waals surface area (Å²) >= 11 is 0. The average molecular weight is 905 g/mol. The Kier molecular flexibility index (Phi) is 14.4. The van der Waals surface area contributed by atoms with Crippen LogP contribution >= 0.6 is 7.82 Å². The SMILES string of the molecule is CC[C@@H]([C@H](C)O)n1ncn(-c2ccc(N3CCN(c4ccc(OC[C@@H]5CO[C@@](Cn6c[n+](C(C)OC(=O)OP(=O)(O)O)cn6)(c6ccc(F)cc6F)C5)cc4)CC3)cc2)c1=O.[Cl-]. The Hall–Kier alpha value is -5.37. The number of nitrogens with zero attached hydrogens (tertiary/aromatic N) is 8. The lowest BCUT2D eigenvalue weighted by atomic mass is 9.87. The predicted octanol–water partition coefficient (Wildman–Crippen LogP) is 1.23. The van der Waals surface area contributed by atoms with Crippen LogP contribution in [0.25, 0.3) is 5.69 Å². The van der Waals surface area contributed by atoms with Gasteiger partial charge in [0.2, 0.25) is 12.6 Å². The predicted molar refractivity (Wildman–Crippen MR) is 214 cm³/mol. The highest BCUT2D eigenvalue weighted by Crippen LogP contribution is 2.42. The zero-order valence-electron chi connectivity index (χ0n) is 34.1. The minimum Gasteiger partial charge on any atom is -1.00 e. The maximum Gasteiger partial charge on any atom is 0.529 e. The first-order valence-corrected chi connectivity index (χ1v) is 21.3. The molecule has 334 valence electrons. The molecule has 4 heterocycles. The van der Waals surface area contributed by atoms with Gasteiger partial charge in [-0.15, -0.1) is 4.68 Å². The Morgan fingerprint density at radius 2 is 1.61 bits per heavy atom. The number of phosphoric ester groups is 1. The fourth-order valence-electron chi connectivity index (χ4n) is 7.85. The molecule has 5 aromatic rings. The minimum absolute atomic E-state index is 0. The maximum atomic E-state index is 15.3. The van der Waals surface area contributed by atoms with E-state index in [9.17, 15) is 23.7 Å². The third-order valence-corrected chi connectivity index (χ3v) is 11.4. The summed E-state index contributed by atoms with van der Waals surface area (Å²) in [5.41, 5.74) is 1.36. The minimum atomic E-state index is -5.11. The van der Waals surface area contributed by atoms with Crippen LogP contribution < -0.4 is 37.2 Å². The van der Waals surface area contributed by atoms with Gasteiger partial charge in [0.15, 0.2) is 0 Å². The fraction of sp³-hybridized carbons (Fsp3) is 0.425. The van der Waals surface area contributed by atoms with Crippen molar-refractivity contribution in [2.45, 2.75) is 64.1 Å². The number of aliphatic hydroxyl groups is 1. The Morgan fingerprint density at radius 3 is 2.21 bits per heavy atom. The number of hydrogen-bond donors (Lipinski definition) is 3. The van der Waals surface area contributed by atoms with Crippen molar-refractivity contribution < 1.29 is 68.7 Å². The number of anilines is 2. The van der Waals surface area contributed by atoms with E-state index in [1.54, 1.807) is 6.92 Å². The van der Waals surface area contributed by atoms with Crippen molar-refractivity contribution in [3.63, 3.8) is 0 Å². The Labute approximate surface area is 361 Å². The molecule has 2 saturated heterocycles. The van der Waals surface area contributed by atoms with Crippen LogP contribution in [-0.2, 0) is 30.7 Å². The summed E-state index contributed by atoms with van der Waals surface area (Å²) in [5, 5.41) is 18.6. The van der Waals surface area contributed by atoms with Gasteiger partial charge in [-0.2, -0.15) is 9.67 Å². The Bertz CT molecular complexity index is 2410. The van der Waals surface area contributed by atoms with Crippen molar-refractivity contribution in [1.29, 1.82) is 0 Å². The summed E-state index contributed by atoms with van der Waals surface area (Å²) in [6.45, 7) is 8.60. The lowest BCUT2D eigenvalue weighted by Gasteiger charge is -2.37. The smallest absolute Gasteiger partial charge is 0.529 e. The number of benzene rings is 3. The molecule has 62 heavy (non-hydrogen) atoms. The van der Waals surface area contributed by atoms with Crippen LogP contribution in [0.1, 0.15) is 51.4 Å². The first kappa shape index (κ1) is 46.1. The van der Waals surface area contributed by atoms with E-state index in [0.29, 0.717) is 24.3 Å². The largest absolute Gasteiger partial charge is 1.00 e. The van der Waals surface area contributed by atoms with Gasteiger partial charge in [0.25, 0.3) is 6.33 Å². The van der Waals surface area contributed by atoms with Gasteiger partial charge in [-0.1, -0.05) is 13.0 Å². The maximum absolute atomic E-state index is 15.3. The van der Waals surface area contributed by atoms with Gasteiger partial charge in [-0.3, -0.25) is 9.79 Å². The fourth-order valence-corrected chi connectivity index (χ4v) is 8.09. The van der Waals surface area contributed by atoms with E-state index in [1.807, 2.05) is 55.5 Å². The second-order valence-corrected chi connectivity index (χ2v) is 16.3. The zero-order valence-corrected chi connectivity index (χ0v) is 35.8. The molecule has 18 nitrogen and oxygen atoms in total. The average Bonchev–Trinajstić information content (AvgIpc) is 3.96. The quantitative estimate of drug-likeness (QED) is 0.0771. The molecule has 2 aliphatic rings. The molecule has 2 aromatic heterocycles. The summed E-state index contributed by atoms with van der Waals surface area (Å²) in [4.78, 5) is 47.1. The van der Waals surface area contributed by atoms with E-state index >= 15 is 4.39 Å². The molecular formula is C40H48ClF2N8O10P. The topological polar surface area (TPSA) is 200 Å². The van der Waals surface area contributed by atoms with Crippen molar-refractivity contribution >= 4 is 25.4 Å². The summed E-state index contributed by atoms with van der Waals surface area (Å²) in [7, 11) is -5.11. The van der Waals surface area contributed by atoms with Crippen LogP contribution in [0.2, 0.25) is 0 Å². The van der Waals surface area contributed by atoms with E-state index in [0.717, 1.165) is 49.7 Å². The molecular weight excluding hydrogens is 857 g/mol. The van der Waals surface area contributed by atoms with Crippen LogP contribution in [0.3, 0.4) is 0 Å². The molecule has 7 rings (SSSR count). The molecule has 0 saturated carbocycles. The normalized spacial score (nSPS) is 19.4. The van der Waals surface area contributed by atoms with Crippen LogP contribution in [-0.4, -0.2) is 90.7 Å². The number of aromatic nitrogens is 6. The molecule has 0 spiro atoms. The van der Waals surface area contributed by atoms with Crippen molar-refractivity contribution in [2.24, 2.45) is 5.92 Å². The molecule has 5 atom stereocenters. The third-order valence-electron chi connectivity index (χ3n) is 11.0. The van der Waals surface area contributed by atoms with Crippen molar-refractivity contribution in [1.82, 2.24) is 24.1 Å². The van der Waals surface area contributed by atoms with Gasteiger partial charge < -0.3 is 46.0 Å². The molecule has 3 N–H and O–H groups in total. The lowest BCUT2D eigenvalue weighted by molar-refractivity contribution is -0.754. The molecule has 0 aliphatic carbocycles. The molecule has 2 fully saturated rings. The summed E-state index contributed by atoms with van der Waals surface area (Å²) in [6.07, 6.45) is 1.75. The van der Waals surface area contributed by atoms with E-state index < -0.39 is 49.6 Å². The number of phosphoric acid groups is 1. The summed E-state index contributed by atoms with van der Waals surface area (Å²) in [5.74, 6) is -1.06. The molecule has 0 amide bonds. The second-order valence-electron chi connectivity index (χ2n) is 15.2. The molecule has 0 bridgehead atoms. The van der Waals surface area contributed by atoms with Crippen molar-refractivity contribution in [3.05, 3.63) is 113 Å². The number of carbonyl (C=O) groups is 1. The number of halogens is 3. The number of ether oxygens (including phenoxy) is 3. The lowest BCUT2D eigenvalue weighted by Crippen LogP contribution is -3.00. The molecule has 3 aromatic carbocycles. The number of aliphatic hydroxyl groups excluding tert-OH is 1. The van der Waals surface area contributed by atoms with Gasteiger partial charge in [0.05, 0.1) is 31.0 Å². The van der Waals surface area contributed by atoms with Crippen LogP contribution in [0.5, 0.6) is 5.75 Å². The highest BCUT2D eigenvalue weighted by Gasteiger charge is 2.46. The zero-order chi connectivity index (χ0) is 43.5. The van der Waals surface area contributed by atoms with Crippen LogP contribution in [0.15, 0.2) is 90.5 Å². The second kappa shape index (κ2) is 19.3. The first-order chi connectivity index (χ1) is 29.1. The monoisotopic (exact) mass is 904 g/mol. The molecule has 1 unspecified atom stereocenters. The number of hydrogen-bond acceptors (Lipinski definition) is 12. The van der Waals surface area contributed by atoms with Gasteiger partial charge >= 0.3 is 19.7 Å². The summed E-state index contributed by atoms with van der Waals surface area (Å²) in [6, 6.07) is 18.5. The Morgan fingerprint density at radius 1 is 0.984 bits per heavy atom. The first-order valence-electron chi connectivity index (χ1n) is 19.8. The van der Waals surface area contributed by atoms with E-state index in [-0.39, 0.29) is 49.3 Å². The molecule has 2 aliphatic heterocycles. The number of carbonyl (C=O) groups excluding carboxylic acids is 1. The molecule has 22 heteroatoms. The van der Waals surface area contributed by atoms with Gasteiger partial charge in [-0.25, -0.2) is 32.2 Å². The van der Waals surface area contributed by atoms with Crippen LogP contribution in [0, 0.1) is 17.6 Å². The third kappa shape index (κ3) is 10.6. The van der Waals surface area contributed by atoms with Gasteiger partial charge in [0, 0.05) is 67.1 Å². The number of piperazine rings is 1. The van der Waals surface area contributed by atoms with Crippen LogP contribution in [0.4, 0.5) is 25.0 Å². The standard InChI is InChI=1S/C40H47F2N8O10P.ClH/c1-4-37(27(2)51)50-38(52)49(25-44-50)33-8-6-31(7-9-33)45-15-17-46(18-16-45)32-10-12-34(13-11-32)57-21-29-20-40(58-22-29,35-14-5-30(41)19-36(35)42)23-48-26-47(24-43-48)28(3)59-39(53)60-61(54,55)56;/h5-14,19,24-29,37,51H,4,15-18,20-23H2,1-3H3,(H-,54,55,56);1H/t27-,28?,29+,37-,40-;/m0./s1. The van der Waals surface area contributed by atoms with Gasteiger partial charge in [-0.05, 0) is 74.4 Å². The van der Waals surface area contributed by atoms with E-state index in [4.69, 9.17) is 24.0 Å². The van der Waals surface area contributed by atoms with Gasteiger partial charge in [0.1, 0.15) is 35.9 Å². The van der Waals surface area contributed by atoms with Crippen molar-refractivity contribution in [3.8, 4) is 11.4 Å². The van der Waals surface area contributed by atoms with Crippen molar-refractivity contribution in [2.75, 3.05) is 49.2 Å². The molecule has 0 radical (unpaired) electrons.